The Kier molecular flexibility index (Phi) is 11.3. The zero-order valence-electron chi connectivity index (χ0n) is 22.3. The highest BCUT2D eigenvalue weighted by atomic mass is 16.5. The zero-order valence-corrected chi connectivity index (χ0v) is 22.3. The quantitative estimate of drug-likeness (QED) is 0.100. The molecule has 2 aromatic rings. The number of carboxylic acid groups (broad SMARTS) is 1. The number of methoxy groups -OCH3 is 4. The maximum absolute atomic E-state index is 12.0. The van der Waals surface area contributed by atoms with Gasteiger partial charge in [0.15, 0.2) is 0 Å². The number of esters is 2. The molecule has 0 aliphatic heterocycles. The highest BCUT2D eigenvalue weighted by Gasteiger charge is 2.19. The molecular weight excluding hydrogens is 504 g/mol. The van der Waals surface area contributed by atoms with Gasteiger partial charge in [-0.2, -0.15) is 0 Å². The van der Waals surface area contributed by atoms with E-state index in [1.165, 1.54) is 46.7 Å². The van der Waals surface area contributed by atoms with Crippen LogP contribution in [-0.4, -0.2) is 51.5 Å². The Hall–Kier alpha value is -5.05. The van der Waals surface area contributed by atoms with Crippen molar-refractivity contribution in [3.8, 4) is 17.2 Å². The van der Waals surface area contributed by atoms with Crippen LogP contribution in [0.4, 0.5) is 0 Å². The number of ether oxygens (including phenoxy) is 5. The van der Waals surface area contributed by atoms with Crippen molar-refractivity contribution in [3.05, 3.63) is 101 Å². The van der Waals surface area contributed by atoms with Gasteiger partial charge in [-0.25, -0.2) is 14.4 Å². The molecule has 0 atom stereocenters. The van der Waals surface area contributed by atoms with Gasteiger partial charge in [-0.3, -0.25) is 0 Å². The molecule has 2 rings (SSSR count). The molecule has 0 aliphatic rings. The average Bonchev–Trinajstić information content (AvgIpc) is 2.95. The second-order valence-corrected chi connectivity index (χ2v) is 7.77. The molecule has 0 saturated heterocycles. The lowest BCUT2D eigenvalue weighted by Crippen LogP contribution is -2.15. The van der Waals surface area contributed by atoms with Crippen molar-refractivity contribution in [2.24, 2.45) is 0 Å². The molecule has 0 spiro atoms. The number of hydrogen-bond donors (Lipinski definition) is 1. The first-order valence-corrected chi connectivity index (χ1v) is 11.5. The van der Waals surface area contributed by atoms with Gasteiger partial charge >= 0.3 is 17.9 Å². The lowest BCUT2D eigenvalue weighted by molar-refractivity contribution is -0.144. The van der Waals surface area contributed by atoms with E-state index in [1.54, 1.807) is 61.5 Å². The van der Waals surface area contributed by atoms with Crippen LogP contribution in [0.25, 0.3) is 12.2 Å². The third-order valence-corrected chi connectivity index (χ3v) is 5.23. The summed E-state index contributed by atoms with van der Waals surface area (Å²) in [7, 11) is 5.35. The van der Waals surface area contributed by atoms with Crippen molar-refractivity contribution in [3.63, 3.8) is 0 Å². The Labute approximate surface area is 226 Å². The van der Waals surface area contributed by atoms with Crippen molar-refractivity contribution in [1.82, 2.24) is 0 Å². The smallest absolute Gasteiger partial charge is 0.345 e. The minimum Gasteiger partial charge on any atom is -0.497 e. The summed E-state index contributed by atoms with van der Waals surface area (Å²) in [5.74, 6) is -0.860. The van der Waals surface area contributed by atoms with Crippen LogP contribution in [0, 0.1) is 0 Å². The first-order chi connectivity index (χ1) is 18.6. The molecule has 0 heterocycles. The first kappa shape index (κ1) is 30.2. The molecular formula is C30H30O9. The SMILES string of the molecule is C=C(/C=C\C(=C/C)Oc1ccc(C=C(C(=O)OC)C(=O)OC)cc1)/C(=C\c1cc(OC)cc(OC)c1)C(=O)O. The third-order valence-electron chi connectivity index (χ3n) is 5.23. The van der Waals surface area contributed by atoms with Crippen LogP contribution < -0.4 is 14.2 Å². The number of carboxylic acids is 1. The molecule has 0 aliphatic carbocycles. The second kappa shape index (κ2) is 14.6. The molecule has 2 aromatic carbocycles. The molecule has 0 saturated carbocycles. The van der Waals surface area contributed by atoms with Crippen LogP contribution >= 0.6 is 0 Å². The van der Waals surface area contributed by atoms with Crippen LogP contribution in [0.5, 0.6) is 17.2 Å². The normalized spacial score (nSPS) is 11.4. The largest absolute Gasteiger partial charge is 0.497 e. The van der Waals surface area contributed by atoms with E-state index in [9.17, 15) is 19.5 Å². The Morgan fingerprint density at radius 2 is 1.28 bits per heavy atom. The van der Waals surface area contributed by atoms with Gasteiger partial charge in [-0.15, -0.1) is 0 Å². The van der Waals surface area contributed by atoms with E-state index in [1.807, 2.05) is 0 Å². The van der Waals surface area contributed by atoms with Crippen LogP contribution in [0.2, 0.25) is 0 Å². The fraction of sp³-hybridized carbons (Fsp3) is 0.167. The number of aliphatic carboxylic acids is 1. The summed E-state index contributed by atoms with van der Waals surface area (Å²) in [5.41, 5.74) is 1.08. The van der Waals surface area contributed by atoms with Crippen LogP contribution in [-0.2, 0) is 23.9 Å². The summed E-state index contributed by atoms with van der Waals surface area (Å²) in [6.45, 7) is 5.65. The van der Waals surface area contributed by atoms with Gasteiger partial charge in [-0.1, -0.05) is 24.8 Å². The van der Waals surface area contributed by atoms with Crippen LogP contribution in [0.15, 0.2) is 89.8 Å². The van der Waals surface area contributed by atoms with Gasteiger partial charge < -0.3 is 28.8 Å². The van der Waals surface area contributed by atoms with Crippen molar-refractivity contribution in [1.29, 1.82) is 0 Å². The number of carbonyl (C=O) groups excluding carboxylic acids is 2. The predicted molar refractivity (Wildman–Crippen MR) is 146 cm³/mol. The molecule has 204 valence electrons. The summed E-state index contributed by atoms with van der Waals surface area (Å²) in [6, 6.07) is 11.6. The zero-order chi connectivity index (χ0) is 28.9. The van der Waals surface area contributed by atoms with Crippen molar-refractivity contribution in [2.75, 3.05) is 28.4 Å². The minimum atomic E-state index is -1.16. The minimum absolute atomic E-state index is 0.0276. The van der Waals surface area contributed by atoms with E-state index in [2.05, 4.69) is 16.1 Å². The van der Waals surface area contributed by atoms with Gasteiger partial charge in [0.1, 0.15) is 28.6 Å². The Bertz CT molecular complexity index is 1300. The number of benzene rings is 2. The molecule has 0 amide bonds. The first-order valence-electron chi connectivity index (χ1n) is 11.5. The monoisotopic (exact) mass is 534 g/mol. The fourth-order valence-electron chi connectivity index (χ4n) is 3.19. The van der Waals surface area contributed by atoms with Gasteiger partial charge in [-0.05, 0) is 72.2 Å². The van der Waals surface area contributed by atoms with Crippen molar-refractivity contribution < 1.29 is 43.2 Å². The van der Waals surface area contributed by atoms with E-state index < -0.39 is 17.9 Å². The maximum atomic E-state index is 12.0. The van der Waals surface area contributed by atoms with Gasteiger partial charge in [0.25, 0.3) is 0 Å². The van der Waals surface area contributed by atoms with E-state index in [-0.39, 0.29) is 16.7 Å². The number of rotatable bonds is 12. The predicted octanol–water partition coefficient (Wildman–Crippen LogP) is 5.00. The summed E-state index contributed by atoms with van der Waals surface area (Å²) in [4.78, 5) is 35.7. The van der Waals surface area contributed by atoms with Crippen molar-refractivity contribution >= 4 is 30.1 Å². The number of hydrogen-bond acceptors (Lipinski definition) is 8. The van der Waals surface area contributed by atoms with E-state index in [0.29, 0.717) is 34.1 Å². The molecule has 9 nitrogen and oxygen atoms in total. The molecule has 0 unspecified atom stereocenters. The summed E-state index contributed by atoms with van der Waals surface area (Å²) in [6.07, 6.45) is 7.63. The third kappa shape index (κ3) is 8.78. The fourth-order valence-corrected chi connectivity index (χ4v) is 3.19. The number of carbonyl (C=O) groups is 3. The molecule has 39 heavy (non-hydrogen) atoms. The van der Waals surface area contributed by atoms with E-state index >= 15 is 0 Å². The van der Waals surface area contributed by atoms with Crippen molar-refractivity contribution in [2.45, 2.75) is 6.92 Å². The Balaban J connectivity index is 2.22. The van der Waals surface area contributed by atoms with E-state index in [4.69, 9.17) is 14.2 Å². The van der Waals surface area contributed by atoms with Gasteiger partial charge in [0, 0.05) is 6.07 Å². The number of allylic oxidation sites excluding steroid dienone is 3. The second-order valence-electron chi connectivity index (χ2n) is 7.77. The van der Waals surface area contributed by atoms with Crippen LogP contribution in [0.1, 0.15) is 18.1 Å². The lowest BCUT2D eigenvalue weighted by Gasteiger charge is -2.09. The average molecular weight is 535 g/mol. The highest BCUT2D eigenvalue weighted by molar-refractivity contribution is 6.17. The maximum Gasteiger partial charge on any atom is 0.345 e. The lowest BCUT2D eigenvalue weighted by atomic mass is 10.0. The Morgan fingerprint density at radius 1 is 0.744 bits per heavy atom. The van der Waals surface area contributed by atoms with E-state index in [0.717, 1.165) is 0 Å². The molecule has 0 aromatic heterocycles. The molecule has 0 fully saturated rings. The Morgan fingerprint density at radius 3 is 1.74 bits per heavy atom. The summed E-state index contributed by atoms with van der Waals surface area (Å²) >= 11 is 0. The highest BCUT2D eigenvalue weighted by Crippen LogP contribution is 2.26. The standard InChI is InChI=1S/C30H30O9/c1-7-22(39-23-12-9-20(10-13-23)16-27(29(33)37-5)30(34)38-6)11-8-19(2)26(28(31)32)17-21-14-24(35-3)18-25(15-21)36-4/h7-18H,2H2,1,3-6H3,(H,31,32)/b11-8-,22-7+,26-17+. The van der Waals surface area contributed by atoms with Gasteiger partial charge in [0.05, 0.1) is 34.0 Å². The summed E-state index contributed by atoms with van der Waals surface area (Å²) in [5, 5.41) is 9.77. The molecule has 0 radical (unpaired) electrons. The topological polar surface area (TPSA) is 118 Å². The van der Waals surface area contributed by atoms with Crippen LogP contribution in [0.3, 0.4) is 0 Å². The summed E-state index contributed by atoms with van der Waals surface area (Å²) < 4.78 is 25.6. The van der Waals surface area contributed by atoms with Gasteiger partial charge in [0.2, 0.25) is 0 Å². The molecule has 1 N–H and O–H groups in total. The molecule has 0 bridgehead atoms. The molecule has 9 heteroatoms.